The van der Waals surface area contributed by atoms with Crippen molar-refractivity contribution in [2.45, 2.75) is 58.6 Å². The number of amides is 1. The Hall–Kier alpha value is -1.62. The third-order valence-electron chi connectivity index (χ3n) is 5.35. The molecule has 3 rings (SSSR count). The molecule has 1 N–H and O–H groups in total. The zero-order valence-corrected chi connectivity index (χ0v) is 14.8. The van der Waals surface area contributed by atoms with Crippen molar-refractivity contribution in [2.75, 3.05) is 13.2 Å². The first kappa shape index (κ1) is 17.2. The van der Waals surface area contributed by atoms with Gasteiger partial charge in [0.15, 0.2) is 0 Å². The maximum atomic E-state index is 12.2. The third kappa shape index (κ3) is 4.07. The molecule has 1 aromatic rings. The number of rotatable bonds is 5. The highest BCUT2D eigenvalue weighted by atomic mass is 16.5. The van der Waals surface area contributed by atoms with Crippen molar-refractivity contribution in [3.05, 3.63) is 29.9 Å². The summed E-state index contributed by atoms with van der Waals surface area (Å²) >= 11 is 0. The number of carbonyl (C=O) groups excluding carboxylic acids is 1. The van der Waals surface area contributed by atoms with Gasteiger partial charge in [-0.25, -0.2) is 4.98 Å². The fourth-order valence-corrected chi connectivity index (χ4v) is 3.72. The number of nitrogens with zero attached hydrogens (tertiary/aromatic N) is 2. The van der Waals surface area contributed by atoms with Gasteiger partial charge in [-0.1, -0.05) is 12.5 Å². The first-order valence-electron chi connectivity index (χ1n) is 9.27. The first-order chi connectivity index (χ1) is 11.7. The summed E-state index contributed by atoms with van der Waals surface area (Å²) in [5, 5.41) is 3.08. The molecule has 5 nitrogen and oxygen atoms in total. The van der Waals surface area contributed by atoms with Crippen LogP contribution in [0.4, 0.5) is 0 Å². The number of imidazole rings is 1. The molecule has 0 unspecified atom stereocenters. The minimum absolute atomic E-state index is 0.0107. The van der Waals surface area contributed by atoms with Gasteiger partial charge in [0.05, 0.1) is 0 Å². The van der Waals surface area contributed by atoms with Crippen LogP contribution in [0.3, 0.4) is 0 Å². The van der Waals surface area contributed by atoms with Gasteiger partial charge in [0.2, 0.25) is 5.91 Å². The summed E-state index contributed by atoms with van der Waals surface area (Å²) in [5.41, 5.74) is 1.30. The number of allylic oxidation sites excluding steroid dienone is 1. The van der Waals surface area contributed by atoms with Crippen LogP contribution in [0.1, 0.15) is 57.9 Å². The molecule has 2 aliphatic rings. The Morgan fingerprint density at radius 1 is 1.42 bits per heavy atom. The zero-order chi connectivity index (χ0) is 16.9. The lowest BCUT2D eigenvalue weighted by molar-refractivity contribution is -0.116. The van der Waals surface area contributed by atoms with Crippen molar-refractivity contribution >= 4 is 5.91 Å². The van der Waals surface area contributed by atoms with Crippen LogP contribution in [0.5, 0.6) is 0 Å². The molecule has 0 spiro atoms. The predicted molar refractivity (Wildman–Crippen MR) is 93.4 cm³/mol. The molecular formula is C19H29N3O2. The summed E-state index contributed by atoms with van der Waals surface area (Å²) in [7, 11) is 0. The predicted octanol–water partition coefficient (Wildman–Crippen LogP) is 3.23. The average Bonchev–Trinajstić information content (AvgIpc) is 3.23. The van der Waals surface area contributed by atoms with E-state index in [0.717, 1.165) is 44.2 Å². The molecular weight excluding hydrogens is 302 g/mol. The van der Waals surface area contributed by atoms with Crippen LogP contribution < -0.4 is 5.32 Å². The molecule has 24 heavy (non-hydrogen) atoms. The Kier molecular flexibility index (Phi) is 5.72. The maximum Gasteiger partial charge on any atom is 0.243 e. The molecule has 1 aliphatic heterocycles. The van der Waals surface area contributed by atoms with Gasteiger partial charge in [-0.2, -0.15) is 0 Å². The summed E-state index contributed by atoms with van der Waals surface area (Å²) in [5.74, 6) is 2.12. The molecule has 1 amide bonds. The third-order valence-corrected chi connectivity index (χ3v) is 5.35. The van der Waals surface area contributed by atoms with Crippen LogP contribution >= 0.6 is 0 Å². The van der Waals surface area contributed by atoms with Gasteiger partial charge < -0.3 is 14.6 Å². The molecule has 1 saturated heterocycles. The molecule has 0 bridgehead atoms. The molecule has 1 aromatic heterocycles. The van der Waals surface area contributed by atoms with E-state index >= 15 is 0 Å². The Morgan fingerprint density at radius 3 is 2.96 bits per heavy atom. The fourth-order valence-electron chi connectivity index (χ4n) is 3.72. The Balaban J connectivity index is 1.54. The molecule has 0 radical (unpaired) electrons. The molecule has 0 aromatic carbocycles. The Morgan fingerprint density at radius 2 is 2.21 bits per heavy atom. The molecule has 132 valence electrons. The van der Waals surface area contributed by atoms with Gasteiger partial charge in [-0.05, 0) is 44.9 Å². The first-order valence-corrected chi connectivity index (χ1v) is 9.27. The van der Waals surface area contributed by atoms with E-state index in [1.807, 2.05) is 18.5 Å². The summed E-state index contributed by atoms with van der Waals surface area (Å²) in [6.45, 7) is 6.67. The van der Waals surface area contributed by atoms with Gasteiger partial charge in [0.25, 0.3) is 0 Å². The van der Waals surface area contributed by atoms with Gasteiger partial charge in [0.1, 0.15) is 11.9 Å². The number of aromatic nitrogens is 2. The van der Waals surface area contributed by atoms with E-state index in [1.165, 1.54) is 18.4 Å². The quantitative estimate of drug-likeness (QED) is 0.843. The van der Waals surface area contributed by atoms with E-state index in [1.54, 1.807) is 0 Å². The largest absolute Gasteiger partial charge is 0.370 e. The lowest BCUT2D eigenvalue weighted by Gasteiger charge is -2.21. The van der Waals surface area contributed by atoms with E-state index in [2.05, 4.69) is 28.7 Å². The number of hydrogen-bond donors (Lipinski definition) is 1. The van der Waals surface area contributed by atoms with Gasteiger partial charge >= 0.3 is 0 Å². The van der Waals surface area contributed by atoms with E-state index in [-0.39, 0.29) is 12.0 Å². The van der Waals surface area contributed by atoms with E-state index in [4.69, 9.17) is 4.74 Å². The monoisotopic (exact) mass is 331 g/mol. The van der Waals surface area contributed by atoms with Crippen molar-refractivity contribution in [2.24, 2.45) is 11.8 Å². The molecule has 2 atom stereocenters. The molecule has 5 heteroatoms. The normalized spacial score (nSPS) is 27.2. The van der Waals surface area contributed by atoms with Crippen molar-refractivity contribution in [1.29, 1.82) is 0 Å². The van der Waals surface area contributed by atoms with Crippen molar-refractivity contribution in [3.8, 4) is 0 Å². The van der Waals surface area contributed by atoms with Crippen LogP contribution in [0.15, 0.2) is 24.0 Å². The Bertz CT molecular complexity index is 583. The summed E-state index contributed by atoms with van der Waals surface area (Å²) in [6.07, 6.45) is 11.1. The van der Waals surface area contributed by atoms with Crippen LogP contribution in [0.25, 0.3) is 0 Å². The van der Waals surface area contributed by atoms with Gasteiger partial charge in [-0.15, -0.1) is 0 Å². The number of carbonyl (C=O) groups is 1. The fraction of sp³-hybridized carbons (Fsp3) is 0.684. The topological polar surface area (TPSA) is 56.1 Å². The number of hydrogen-bond acceptors (Lipinski definition) is 3. The van der Waals surface area contributed by atoms with E-state index in [9.17, 15) is 4.79 Å². The van der Waals surface area contributed by atoms with Crippen molar-refractivity contribution in [3.63, 3.8) is 0 Å². The van der Waals surface area contributed by atoms with E-state index < -0.39 is 0 Å². The van der Waals surface area contributed by atoms with Crippen LogP contribution in [0.2, 0.25) is 0 Å². The minimum atomic E-state index is -0.0107. The smallest absolute Gasteiger partial charge is 0.243 e. The van der Waals surface area contributed by atoms with Crippen LogP contribution in [-0.4, -0.2) is 28.6 Å². The standard InChI is InChI=1S/C19H29N3O2/c1-3-22-10-9-20-19(22)18-16(8-11-24-18)13-21-17(23)12-15-6-4-14(2)5-7-15/h9-10,12,14,16,18H,3-8,11,13H2,1-2H3,(H,21,23)/t14?,16-,18+/m0/s1. The summed E-state index contributed by atoms with van der Waals surface area (Å²) in [6, 6.07) is 0. The van der Waals surface area contributed by atoms with Gasteiger partial charge in [0, 0.05) is 44.1 Å². The SMILES string of the molecule is CCn1ccnc1[C@@H]1OCC[C@H]1CNC(=O)C=C1CCC(C)CC1. The molecule has 1 saturated carbocycles. The minimum Gasteiger partial charge on any atom is -0.370 e. The zero-order valence-electron chi connectivity index (χ0n) is 14.8. The number of ether oxygens (including phenoxy) is 1. The lowest BCUT2D eigenvalue weighted by Crippen LogP contribution is -2.30. The highest BCUT2D eigenvalue weighted by molar-refractivity contribution is 5.88. The maximum absolute atomic E-state index is 12.2. The van der Waals surface area contributed by atoms with Crippen molar-refractivity contribution in [1.82, 2.24) is 14.9 Å². The number of aryl methyl sites for hydroxylation is 1. The number of nitrogens with one attached hydrogen (secondary N) is 1. The second-order valence-electron chi connectivity index (χ2n) is 7.14. The van der Waals surface area contributed by atoms with E-state index in [0.29, 0.717) is 12.5 Å². The molecule has 2 fully saturated rings. The van der Waals surface area contributed by atoms with Crippen LogP contribution in [-0.2, 0) is 16.1 Å². The summed E-state index contributed by atoms with van der Waals surface area (Å²) in [4.78, 5) is 16.7. The average molecular weight is 331 g/mol. The second kappa shape index (κ2) is 7.97. The Labute approximate surface area is 144 Å². The molecule has 1 aliphatic carbocycles. The highest BCUT2D eigenvalue weighted by Crippen LogP contribution is 2.33. The van der Waals surface area contributed by atoms with Crippen LogP contribution in [0, 0.1) is 11.8 Å². The second-order valence-corrected chi connectivity index (χ2v) is 7.14. The molecule has 2 heterocycles. The van der Waals surface area contributed by atoms with Crippen molar-refractivity contribution < 1.29 is 9.53 Å². The lowest BCUT2D eigenvalue weighted by atomic mass is 9.87. The highest BCUT2D eigenvalue weighted by Gasteiger charge is 2.32. The van der Waals surface area contributed by atoms with Gasteiger partial charge in [-0.3, -0.25) is 4.79 Å². The summed E-state index contributed by atoms with van der Waals surface area (Å²) < 4.78 is 8.02.